The lowest BCUT2D eigenvalue weighted by molar-refractivity contribution is -0.141. The zero-order valence-corrected chi connectivity index (χ0v) is 7.71. The van der Waals surface area contributed by atoms with Gasteiger partial charge in [-0.3, -0.25) is 9.36 Å². The Morgan fingerprint density at radius 1 is 1.85 bits per heavy atom. The maximum Gasteiger partial charge on any atom is 0.326 e. The Labute approximate surface area is 79.0 Å². The quantitative estimate of drug-likeness (QED) is 0.755. The number of hydrogen-bond acceptors (Lipinski definition) is 2. The van der Waals surface area contributed by atoms with Gasteiger partial charge in [0, 0.05) is 12.7 Å². The first kappa shape index (κ1) is 9.85. The Balaban J connectivity index is 2.85. The van der Waals surface area contributed by atoms with Crippen LogP contribution >= 0.6 is 11.6 Å². The first-order valence-corrected chi connectivity index (χ1v) is 4.06. The van der Waals surface area contributed by atoms with Gasteiger partial charge >= 0.3 is 11.7 Å². The first-order chi connectivity index (χ1) is 6.02. The topological polar surface area (TPSA) is 75.1 Å². The van der Waals surface area contributed by atoms with E-state index in [-0.39, 0.29) is 11.7 Å². The third-order valence-corrected chi connectivity index (χ3v) is 2.01. The van der Waals surface area contributed by atoms with Crippen molar-refractivity contribution in [2.24, 2.45) is 5.92 Å². The highest BCUT2D eigenvalue weighted by Crippen LogP contribution is 2.06. The lowest BCUT2D eigenvalue weighted by Crippen LogP contribution is -2.24. The summed E-state index contributed by atoms with van der Waals surface area (Å²) in [4.78, 5) is 23.9. The molecule has 0 amide bonds. The number of carbonyl (C=O) groups is 1. The molecule has 0 fully saturated rings. The predicted molar refractivity (Wildman–Crippen MR) is 46.9 cm³/mol. The Bertz CT molecular complexity index is 368. The van der Waals surface area contributed by atoms with Crippen LogP contribution in [0.4, 0.5) is 0 Å². The number of hydrogen-bond donors (Lipinski definition) is 2. The molecule has 0 aromatic carbocycles. The number of nitrogens with zero attached hydrogens (tertiary/aromatic N) is 1. The number of aromatic amines is 1. The fraction of sp³-hybridized carbons (Fsp3) is 0.429. The summed E-state index contributed by atoms with van der Waals surface area (Å²) < 4.78 is 1.18. The highest BCUT2D eigenvalue weighted by atomic mass is 35.5. The van der Waals surface area contributed by atoms with E-state index in [1.807, 2.05) is 0 Å². The van der Waals surface area contributed by atoms with Crippen LogP contribution < -0.4 is 5.69 Å². The summed E-state index contributed by atoms with van der Waals surface area (Å²) in [6.07, 6.45) is 1.33. The van der Waals surface area contributed by atoms with Crippen LogP contribution in [0.15, 0.2) is 11.0 Å². The van der Waals surface area contributed by atoms with Crippen molar-refractivity contribution in [3.8, 4) is 0 Å². The number of aliphatic carboxylic acids is 1. The lowest BCUT2D eigenvalue weighted by atomic mass is 10.2. The summed E-state index contributed by atoms with van der Waals surface area (Å²) in [6.45, 7) is 1.59. The molecule has 1 rings (SSSR count). The number of H-pyrrole nitrogens is 1. The molecule has 6 heteroatoms. The number of nitrogens with one attached hydrogen (secondary N) is 1. The van der Waals surface area contributed by atoms with Gasteiger partial charge in [-0.2, -0.15) is 0 Å². The number of carboxylic acids is 1. The van der Waals surface area contributed by atoms with Crippen LogP contribution in [0.5, 0.6) is 0 Å². The van der Waals surface area contributed by atoms with Crippen molar-refractivity contribution in [1.82, 2.24) is 9.55 Å². The minimum absolute atomic E-state index is 0.0799. The van der Waals surface area contributed by atoms with Crippen molar-refractivity contribution in [2.75, 3.05) is 0 Å². The fourth-order valence-corrected chi connectivity index (χ4v) is 1.10. The Morgan fingerprint density at radius 3 is 2.85 bits per heavy atom. The Kier molecular flexibility index (Phi) is 2.77. The molecular formula is C7H9ClN2O3. The smallest absolute Gasteiger partial charge is 0.326 e. The average molecular weight is 205 g/mol. The number of carboxylic acid groups (broad SMARTS) is 1. The second-order valence-electron chi connectivity index (χ2n) is 2.77. The zero-order valence-electron chi connectivity index (χ0n) is 6.95. The highest BCUT2D eigenvalue weighted by molar-refractivity contribution is 6.29. The summed E-state index contributed by atoms with van der Waals surface area (Å²) in [6, 6.07) is 0. The molecule has 1 unspecified atom stereocenters. The lowest BCUT2D eigenvalue weighted by Gasteiger charge is -2.06. The van der Waals surface area contributed by atoms with Gasteiger partial charge in [0.05, 0.1) is 5.92 Å². The molecule has 0 saturated heterocycles. The number of halogens is 1. The molecular weight excluding hydrogens is 196 g/mol. The SMILES string of the molecule is CC(Cn1c(Cl)c[nH]c1=O)C(=O)O. The molecule has 0 bridgehead atoms. The van der Waals surface area contributed by atoms with Crippen LogP contribution in [-0.2, 0) is 11.3 Å². The second kappa shape index (κ2) is 3.66. The summed E-state index contributed by atoms with van der Waals surface area (Å²) in [5.41, 5.74) is -0.391. The van der Waals surface area contributed by atoms with E-state index in [1.54, 1.807) is 0 Å². The predicted octanol–water partition coefficient (Wildman–Crippen LogP) is 0.550. The van der Waals surface area contributed by atoms with E-state index in [0.717, 1.165) is 0 Å². The van der Waals surface area contributed by atoms with Gasteiger partial charge in [-0.1, -0.05) is 18.5 Å². The van der Waals surface area contributed by atoms with Gasteiger partial charge in [-0.05, 0) is 0 Å². The molecule has 1 heterocycles. The van der Waals surface area contributed by atoms with Crippen molar-refractivity contribution in [2.45, 2.75) is 13.5 Å². The van der Waals surface area contributed by atoms with E-state index in [1.165, 1.54) is 17.7 Å². The van der Waals surface area contributed by atoms with E-state index in [4.69, 9.17) is 16.7 Å². The molecule has 0 saturated carbocycles. The van der Waals surface area contributed by atoms with Gasteiger partial charge in [0.15, 0.2) is 0 Å². The second-order valence-corrected chi connectivity index (χ2v) is 3.15. The number of rotatable bonds is 3. The molecule has 0 radical (unpaired) electrons. The summed E-state index contributed by atoms with van der Waals surface area (Å²) in [5.74, 6) is -1.59. The van der Waals surface area contributed by atoms with E-state index >= 15 is 0 Å². The van der Waals surface area contributed by atoms with Crippen LogP contribution in [0.1, 0.15) is 6.92 Å². The largest absolute Gasteiger partial charge is 0.481 e. The van der Waals surface area contributed by atoms with Crippen molar-refractivity contribution in [1.29, 1.82) is 0 Å². The van der Waals surface area contributed by atoms with Crippen LogP contribution in [0.2, 0.25) is 5.15 Å². The highest BCUT2D eigenvalue weighted by Gasteiger charge is 2.14. The van der Waals surface area contributed by atoms with Crippen LogP contribution in [0, 0.1) is 5.92 Å². The molecule has 0 aliphatic heterocycles. The third kappa shape index (κ3) is 2.12. The number of aromatic nitrogens is 2. The minimum atomic E-state index is -0.954. The monoisotopic (exact) mass is 204 g/mol. The number of imidazole rings is 1. The standard InChI is InChI=1S/C7H9ClN2O3/c1-4(6(11)12)3-10-5(8)2-9-7(10)13/h2,4H,3H2,1H3,(H,9,13)(H,11,12). The van der Waals surface area contributed by atoms with Gasteiger partial charge in [0.1, 0.15) is 5.15 Å². The molecule has 72 valence electrons. The first-order valence-electron chi connectivity index (χ1n) is 3.69. The molecule has 0 spiro atoms. The summed E-state index contributed by atoms with van der Waals surface area (Å²) >= 11 is 5.63. The molecule has 0 aliphatic rings. The third-order valence-electron chi connectivity index (χ3n) is 1.70. The molecule has 0 aliphatic carbocycles. The molecule has 2 N–H and O–H groups in total. The average Bonchev–Trinajstić information content (AvgIpc) is 2.35. The van der Waals surface area contributed by atoms with E-state index in [0.29, 0.717) is 0 Å². The molecule has 1 atom stereocenters. The van der Waals surface area contributed by atoms with Gasteiger partial charge < -0.3 is 10.1 Å². The summed E-state index contributed by atoms with van der Waals surface area (Å²) in [5, 5.41) is 8.81. The summed E-state index contributed by atoms with van der Waals surface area (Å²) in [7, 11) is 0. The van der Waals surface area contributed by atoms with Gasteiger partial charge in [-0.15, -0.1) is 0 Å². The van der Waals surface area contributed by atoms with Crippen LogP contribution in [-0.4, -0.2) is 20.6 Å². The normalized spacial score (nSPS) is 12.8. The fourth-order valence-electron chi connectivity index (χ4n) is 0.896. The van der Waals surface area contributed by atoms with Gasteiger partial charge in [-0.25, -0.2) is 4.79 Å². The van der Waals surface area contributed by atoms with Crippen molar-refractivity contribution < 1.29 is 9.90 Å². The van der Waals surface area contributed by atoms with Crippen molar-refractivity contribution in [3.63, 3.8) is 0 Å². The zero-order chi connectivity index (χ0) is 10.0. The van der Waals surface area contributed by atoms with E-state index in [2.05, 4.69) is 4.98 Å². The van der Waals surface area contributed by atoms with E-state index < -0.39 is 17.6 Å². The van der Waals surface area contributed by atoms with Crippen molar-refractivity contribution >= 4 is 17.6 Å². The van der Waals surface area contributed by atoms with Gasteiger partial charge in [0.25, 0.3) is 0 Å². The molecule has 13 heavy (non-hydrogen) atoms. The maximum absolute atomic E-state index is 11.0. The Hall–Kier alpha value is -1.23. The Morgan fingerprint density at radius 2 is 2.46 bits per heavy atom. The molecule has 5 nitrogen and oxygen atoms in total. The molecule has 1 aromatic rings. The minimum Gasteiger partial charge on any atom is -0.481 e. The molecule has 1 aromatic heterocycles. The van der Waals surface area contributed by atoms with Crippen molar-refractivity contribution in [3.05, 3.63) is 21.8 Å². The van der Waals surface area contributed by atoms with Crippen LogP contribution in [0.25, 0.3) is 0 Å². The maximum atomic E-state index is 11.0. The van der Waals surface area contributed by atoms with E-state index in [9.17, 15) is 9.59 Å². The van der Waals surface area contributed by atoms with Gasteiger partial charge in [0.2, 0.25) is 0 Å². The van der Waals surface area contributed by atoms with Crippen LogP contribution in [0.3, 0.4) is 0 Å².